The molecule has 0 unspecified atom stereocenters. The van der Waals surface area contributed by atoms with E-state index in [1.165, 1.54) is 0 Å². The Labute approximate surface area is 213 Å². The van der Waals surface area contributed by atoms with Gasteiger partial charge in [0.15, 0.2) is 18.1 Å². The normalized spacial score (nSPS) is 10.9. The second kappa shape index (κ2) is 10.6. The number of carbonyl (C=O) groups excluding carboxylic acids is 1. The van der Waals surface area contributed by atoms with E-state index in [9.17, 15) is 4.79 Å². The molecule has 182 valence electrons. The molecule has 5 rings (SSSR count). The first-order valence-electron chi connectivity index (χ1n) is 11.8. The molecule has 1 N–H and O–H groups in total. The Balaban J connectivity index is 1.28. The molecule has 36 heavy (non-hydrogen) atoms. The molecule has 0 bridgehead atoms. The van der Waals surface area contributed by atoms with E-state index in [2.05, 4.69) is 34.3 Å². The van der Waals surface area contributed by atoms with E-state index in [1.54, 1.807) is 15.9 Å². The lowest BCUT2D eigenvalue weighted by Crippen LogP contribution is -2.22. The van der Waals surface area contributed by atoms with E-state index in [0.717, 1.165) is 34.9 Å². The van der Waals surface area contributed by atoms with E-state index in [1.807, 2.05) is 78.2 Å². The van der Waals surface area contributed by atoms with Crippen molar-refractivity contribution in [1.29, 1.82) is 0 Å². The van der Waals surface area contributed by atoms with Gasteiger partial charge in [0.25, 0.3) is 5.91 Å². The van der Waals surface area contributed by atoms with Crippen LogP contribution in [-0.4, -0.2) is 45.4 Å². The van der Waals surface area contributed by atoms with Crippen molar-refractivity contribution in [2.45, 2.75) is 13.8 Å². The maximum Gasteiger partial charge on any atom is 0.262 e. The van der Waals surface area contributed by atoms with Crippen LogP contribution in [0.3, 0.4) is 0 Å². The maximum absolute atomic E-state index is 12.6. The lowest BCUT2D eigenvalue weighted by atomic mass is 10.1. The van der Waals surface area contributed by atoms with Gasteiger partial charge in [0.05, 0.1) is 10.6 Å². The van der Waals surface area contributed by atoms with Crippen LogP contribution in [0.2, 0.25) is 0 Å². The fourth-order valence-electron chi connectivity index (χ4n) is 3.96. The number of fused-ring (bicyclic) bond motifs is 1. The molecule has 1 amide bonds. The van der Waals surface area contributed by atoms with Crippen molar-refractivity contribution in [2.75, 3.05) is 29.9 Å². The van der Waals surface area contributed by atoms with Crippen LogP contribution < -0.4 is 15.0 Å². The molecule has 0 radical (unpaired) electrons. The topological polar surface area (TPSA) is 84.6 Å². The summed E-state index contributed by atoms with van der Waals surface area (Å²) in [5, 5.41) is 18.2. The third-order valence-electron chi connectivity index (χ3n) is 5.76. The van der Waals surface area contributed by atoms with Gasteiger partial charge in [0.1, 0.15) is 5.75 Å². The van der Waals surface area contributed by atoms with Crippen LogP contribution in [0.4, 0.5) is 11.4 Å². The third-order valence-corrected chi connectivity index (χ3v) is 6.63. The first-order chi connectivity index (χ1) is 17.6. The second-order valence-electron chi connectivity index (χ2n) is 8.08. The Morgan fingerprint density at radius 2 is 1.86 bits per heavy atom. The number of ether oxygens (including phenoxy) is 1. The molecular formula is C27H26N6O2S. The Bertz CT molecular complexity index is 1480. The predicted octanol–water partition coefficient (Wildman–Crippen LogP) is 5.38. The Morgan fingerprint density at radius 1 is 1.00 bits per heavy atom. The van der Waals surface area contributed by atoms with Crippen molar-refractivity contribution < 1.29 is 9.53 Å². The van der Waals surface area contributed by atoms with Gasteiger partial charge in [-0.2, -0.15) is 9.61 Å². The molecule has 3 aromatic heterocycles. The lowest BCUT2D eigenvalue weighted by Gasteiger charge is -2.21. The van der Waals surface area contributed by atoms with Gasteiger partial charge in [0, 0.05) is 36.1 Å². The van der Waals surface area contributed by atoms with Crippen LogP contribution in [0.1, 0.15) is 13.8 Å². The number of aromatic nitrogens is 4. The molecule has 0 atom stereocenters. The molecule has 0 saturated carbocycles. The standard InChI is InChI=1S/C27H26N6O2S/c1-3-32(4-2)21-10-6-11-22(17-21)35-18-26(34)28-20-9-5-8-19(16-20)23-13-14-25-29-30-27(33(25)31-23)24-12-7-15-36-24/h5-17H,3-4,18H2,1-2H3,(H,28,34). The maximum atomic E-state index is 12.6. The van der Waals surface area contributed by atoms with Crippen molar-refractivity contribution in [1.82, 2.24) is 19.8 Å². The summed E-state index contributed by atoms with van der Waals surface area (Å²) in [6.07, 6.45) is 0. The third kappa shape index (κ3) is 5.06. The quantitative estimate of drug-likeness (QED) is 0.294. The number of nitrogens with one attached hydrogen (secondary N) is 1. The molecule has 0 spiro atoms. The van der Waals surface area contributed by atoms with E-state index in [4.69, 9.17) is 9.84 Å². The Hall–Kier alpha value is -4.24. The van der Waals surface area contributed by atoms with Gasteiger partial charge in [-0.25, -0.2) is 0 Å². The number of benzene rings is 2. The highest BCUT2D eigenvalue weighted by molar-refractivity contribution is 7.13. The number of thiophene rings is 1. The highest BCUT2D eigenvalue weighted by Crippen LogP contribution is 2.26. The number of amides is 1. The van der Waals surface area contributed by atoms with Gasteiger partial charge in [-0.05, 0) is 61.7 Å². The number of hydrogen-bond acceptors (Lipinski definition) is 7. The first kappa shape index (κ1) is 23.5. The summed E-state index contributed by atoms with van der Waals surface area (Å²) in [7, 11) is 0. The number of carbonyl (C=O) groups is 1. The van der Waals surface area contributed by atoms with Crippen molar-refractivity contribution in [3.05, 3.63) is 78.2 Å². The fourth-order valence-corrected chi connectivity index (χ4v) is 4.66. The minimum atomic E-state index is -0.234. The van der Waals surface area contributed by atoms with Crippen LogP contribution in [0.25, 0.3) is 27.6 Å². The highest BCUT2D eigenvalue weighted by atomic mass is 32.1. The summed E-state index contributed by atoms with van der Waals surface area (Å²) < 4.78 is 7.50. The van der Waals surface area contributed by atoms with Gasteiger partial charge in [-0.15, -0.1) is 21.5 Å². The van der Waals surface area contributed by atoms with Gasteiger partial charge < -0.3 is 15.0 Å². The molecule has 9 heteroatoms. The molecule has 8 nitrogen and oxygen atoms in total. The smallest absolute Gasteiger partial charge is 0.262 e. The highest BCUT2D eigenvalue weighted by Gasteiger charge is 2.12. The molecule has 5 aromatic rings. The van der Waals surface area contributed by atoms with E-state index in [-0.39, 0.29) is 12.5 Å². The zero-order valence-corrected chi connectivity index (χ0v) is 20.9. The summed E-state index contributed by atoms with van der Waals surface area (Å²) in [6, 6.07) is 23.1. The van der Waals surface area contributed by atoms with Gasteiger partial charge in [-0.1, -0.05) is 24.3 Å². The Kier molecular flexibility index (Phi) is 6.90. The van der Waals surface area contributed by atoms with Crippen molar-refractivity contribution in [3.63, 3.8) is 0 Å². The van der Waals surface area contributed by atoms with Crippen molar-refractivity contribution >= 4 is 34.3 Å². The van der Waals surface area contributed by atoms with Gasteiger partial charge >= 0.3 is 0 Å². The average Bonchev–Trinajstić information content (AvgIpc) is 3.58. The fraction of sp³-hybridized carbons (Fsp3) is 0.185. The van der Waals surface area contributed by atoms with Crippen LogP contribution in [0.15, 0.2) is 78.2 Å². The van der Waals surface area contributed by atoms with E-state index >= 15 is 0 Å². The summed E-state index contributed by atoms with van der Waals surface area (Å²) >= 11 is 1.59. The molecule has 0 aliphatic rings. The monoisotopic (exact) mass is 498 g/mol. The molecule has 2 aromatic carbocycles. The number of nitrogens with zero attached hydrogens (tertiary/aromatic N) is 5. The first-order valence-corrected chi connectivity index (χ1v) is 12.7. The van der Waals surface area contributed by atoms with Gasteiger partial charge in [0.2, 0.25) is 0 Å². The molecule has 0 saturated heterocycles. The number of rotatable bonds is 9. The van der Waals surface area contributed by atoms with E-state index < -0.39 is 0 Å². The zero-order chi connectivity index (χ0) is 24.9. The van der Waals surface area contributed by atoms with Gasteiger partial charge in [-0.3, -0.25) is 4.79 Å². The van der Waals surface area contributed by atoms with E-state index in [0.29, 0.717) is 22.9 Å². The molecule has 0 aliphatic carbocycles. The minimum absolute atomic E-state index is 0.0823. The summed E-state index contributed by atoms with van der Waals surface area (Å²) in [6.45, 7) is 5.96. The summed E-state index contributed by atoms with van der Waals surface area (Å²) in [5.41, 5.74) is 4.04. The zero-order valence-electron chi connectivity index (χ0n) is 20.1. The lowest BCUT2D eigenvalue weighted by molar-refractivity contribution is -0.118. The second-order valence-corrected chi connectivity index (χ2v) is 9.02. The largest absolute Gasteiger partial charge is 0.484 e. The predicted molar refractivity (Wildman–Crippen MR) is 144 cm³/mol. The van der Waals surface area contributed by atoms with Crippen molar-refractivity contribution in [3.8, 4) is 27.7 Å². The number of anilines is 2. The average molecular weight is 499 g/mol. The van der Waals surface area contributed by atoms with Crippen LogP contribution in [-0.2, 0) is 4.79 Å². The summed E-state index contributed by atoms with van der Waals surface area (Å²) in [5.74, 6) is 1.13. The van der Waals surface area contributed by atoms with Crippen LogP contribution >= 0.6 is 11.3 Å². The summed E-state index contributed by atoms with van der Waals surface area (Å²) in [4.78, 5) is 15.8. The molecular weight excluding hydrogens is 472 g/mol. The Morgan fingerprint density at radius 3 is 2.67 bits per heavy atom. The van der Waals surface area contributed by atoms with Crippen molar-refractivity contribution in [2.24, 2.45) is 0 Å². The minimum Gasteiger partial charge on any atom is -0.484 e. The number of hydrogen-bond donors (Lipinski definition) is 1. The van der Waals surface area contributed by atoms with Crippen LogP contribution in [0, 0.1) is 0 Å². The SMILES string of the molecule is CCN(CC)c1cccc(OCC(=O)Nc2cccc(-c3ccc4nnc(-c5cccs5)n4n3)c2)c1. The molecule has 0 aliphatic heterocycles. The molecule has 3 heterocycles. The van der Waals surface area contributed by atoms with Crippen LogP contribution in [0.5, 0.6) is 5.75 Å². The molecule has 0 fully saturated rings.